The summed E-state index contributed by atoms with van der Waals surface area (Å²) in [5.41, 5.74) is 0. The number of phosphoric ester groups is 2. The molecular weight excluding hydrogens is 1380 g/mol. The van der Waals surface area contributed by atoms with Gasteiger partial charge in [-0.3, -0.25) is 37.3 Å². The average molecular weight is 1520 g/mol. The van der Waals surface area contributed by atoms with Crippen LogP contribution >= 0.6 is 15.6 Å². The van der Waals surface area contributed by atoms with Gasteiger partial charge in [-0.1, -0.05) is 301 Å². The van der Waals surface area contributed by atoms with Crippen LogP contribution in [0.3, 0.4) is 0 Å². The lowest BCUT2D eigenvalue weighted by molar-refractivity contribution is -0.161. The van der Waals surface area contributed by atoms with Gasteiger partial charge in [0.15, 0.2) is 12.2 Å². The van der Waals surface area contributed by atoms with Gasteiger partial charge < -0.3 is 33.8 Å². The van der Waals surface area contributed by atoms with Crippen LogP contribution in [0.5, 0.6) is 0 Å². The summed E-state index contributed by atoms with van der Waals surface area (Å²) in [5.74, 6) is -2.35. The SMILES string of the molecule is CC/C=C\C/C=C\C/C=C\C/C=C\C/C=C\C/C=C\CCC(=O)OCC(COP(=O)(O)OCC(O)COP(=O)(O)OCC(COC(=O)CCCCCC/C=C\C/C=C\C/C=C\C/C=C\CC)OC(=O)CCCCCCCCCCCCCCCCC)OC(=O)CCCC/C=C\C/C=C\C/C=C\C/C=C\CC. The molecule has 0 radical (unpaired) electrons. The molecule has 0 fully saturated rings. The van der Waals surface area contributed by atoms with Gasteiger partial charge in [-0.25, -0.2) is 9.13 Å². The zero-order valence-corrected chi connectivity index (χ0v) is 67.6. The van der Waals surface area contributed by atoms with Crippen molar-refractivity contribution < 1.29 is 80.2 Å². The van der Waals surface area contributed by atoms with Crippen molar-refractivity contribution in [2.45, 2.75) is 316 Å². The number of aliphatic hydroxyl groups is 1. The van der Waals surface area contributed by atoms with Crippen LogP contribution in [0, 0.1) is 0 Å². The molecule has 0 aromatic carbocycles. The molecule has 0 aliphatic heterocycles. The number of unbranched alkanes of at least 4 members (excludes halogenated alkanes) is 20. The lowest BCUT2D eigenvalue weighted by atomic mass is 10.0. The van der Waals surface area contributed by atoms with E-state index in [-0.39, 0.29) is 25.7 Å². The van der Waals surface area contributed by atoms with E-state index in [1.807, 2.05) is 18.2 Å². The number of phosphoric acid groups is 2. The molecule has 17 nitrogen and oxygen atoms in total. The smallest absolute Gasteiger partial charge is 0.462 e. The van der Waals surface area contributed by atoms with Gasteiger partial charge in [0, 0.05) is 25.7 Å². The maximum Gasteiger partial charge on any atom is 0.472 e. The summed E-state index contributed by atoms with van der Waals surface area (Å²) in [4.78, 5) is 73.0. The van der Waals surface area contributed by atoms with Gasteiger partial charge in [-0.2, -0.15) is 0 Å². The predicted octanol–water partition coefficient (Wildman–Crippen LogP) is 23.8. The van der Waals surface area contributed by atoms with Gasteiger partial charge in [0.2, 0.25) is 0 Å². The van der Waals surface area contributed by atoms with E-state index < -0.39 is 97.5 Å². The summed E-state index contributed by atoms with van der Waals surface area (Å²) in [7, 11) is -10.0. The number of allylic oxidation sites excluding steroid dienone is 28. The second-order valence-electron chi connectivity index (χ2n) is 26.2. The van der Waals surface area contributed by atoms with Crippen LogP contribution in [0.25, 0.3) is 0 Å². The molecule has 0 aromatic heterocycles. The van der Waals surface area contributed by atoms with E-state index in [4.69, 9.17) is 37.0 Å². The van der Waals surface area contributed by atoms with Crippen molar-refractivity contribution in [1.29, 1.82) is 0 Å². The number of ether oxygens (including phenoxy) is 4. The van der Waals surface area contributed by atoms with Crippen LogP contribution in [0.2, 0.25) is 0 Å². The number of hydrogen-bond acceptors (Lipinski definition) is 15. The Bertz CT molecular complexity index is 2680. The van der Waals surface area contributed by atoms with E-state index in [1.54, 1.807) is 0 Å². The van der Waals surface area contributed by atoms with Gasteiger partial charge in [0.05, 0.1) is 26.4 Å². The van der Waals surface area contributed by atoms with Crippen LogP contribution in [0.15, 0.2) is 170 Å². The Balaban J connectivity index is 5.49. The molecule has 0 rings (SSSR count). The molecule has 0 bridgehead atoms. The molecule has 0 aliphatic carbocycles. The molecular formula is C87H142O17P2. The molecule has 5 unspecified atom stereocenters. The van der Waals surface area contributed by atoms with Crippen molar-refractivity contribution in [2.75, 3.05) is 39.6 Å². The van der Waals surface area contributed by atoms with E-state index in [0.717, 1.165) is 141 Å². The normalized spacial score (nSPS) is 14.7. The monoisotopic (exact) mass is 1520 g/mol. The number of esters is 4. The molecule has 602 valence electrons. The first-order valence-corrected chi connectivity index (χ1v) is 43.4. The third kappa shape index (κ3) is 76.6. The van der Waals surface area contributed by atoms with E-state index in [2.05, 4.69) is 180 Å². The number of carbonyl (C=O) groups excluding carboxylic acids is 4. The highest BCUT2D eigenvalue weighted by atomic mass is 31.2. The van der Waals surface area contributed by atoms with E-state index in [1.165, 1.54) is 64.2 Å². The topological polar surface area (TPSA) is 237 Å². The summed E-state index contributed by atoms with van der Waals surface area (Å²) in [6.45, 7) is 4.37. The molecule has 19 heteroatoms. The number of hydrogen-bond donors (Lipinski definition) is 3. The van der Waals surface area contributed by atoms with Crippen molar-refractivity contribution in [1.82, 2.24) is 0 Å². The zero-order chi connectivity index (χ0) is 77.4. The standard InChI is InChI=1S/C87H142O17P2/c1-5-9-13-17-21-25-29-33-37-39-40-42-46-48-52-56-60-64-68-72-85(90)98-78-83(104-87(92)74-70-66-62-58-54-50-44-36-32-28-24-20-16-12-8-4)80-102-106(95,96)100-76-81(88)75-99-105(93,94)101-79-82(103-86(91)73-69-65-61-57-53-49-43-35-31-27-23-19-15-11-7-3)77-97-84(89)71-67-63-59-55-51-47-45-41-38-34-30-26-22-18-14-10-6-2/h9-10,12-14,16,21-22,24-26,28,33-34,36-38,40,42,44-45,47-48,52,54,58,60,64,81-83,88H,5-8,11,15,17-20,23,27,29-32,35,39,41,43,46,49-51,53,55-57,59,61-63,65-80H2,1-4H3,(H,93,94)(H,95,96)/b13-9-,14-10-,16-12-,25-21-,26-22-,28-24-,37-33-,38-34-,42-40-,44-36-,47-45-,52-48-,58-54-,64-60-. The molecule has 0 aliphatic rings. The minimum Gasteiger partial charge on any atom is -0.462 e. The summed E-state index contributed by atoms with van der Waals surface area (Å²) >= 11 is 0. The number of rotatable bonds is 74. The van der Waals surface area contributed by atoms with E-state index in [0.29, 0.717) is 38.5 Å². The predicted molar refractivity (Wildman–Crippen MR) is 436 cm³/mol. The second kappa shape index (κ2) is 77.6. The second-order valence-corrected chi connectivity index (χ2v) is 29.1. The minimum absolute atomic E-state index is 0.0205. The third-order valence-corrected chi connectivity index (χ3v) is 18.1. The maximum absolute atomic E-state index is 13.1. The fourth-order valence-electron chi connectivity index (χ4n) is 10.2. The van der Waals surface area contributed by atoms with Gasteiger partial charge in [0.25, 0.3) is 0 Å². The lowest BCUT2D eigenvalue weighted by Crippen LogP contribution is -2.30. The summed E-state index contributed by atoms with van der Waals surface area (Å²) in [5, 5.41) is 10.6. The van der Waals surface area contributed by atoms with Gasteiger partial charge in [-0.15, -0.1) is 0 Å². The Morgan fingerprint density at radius 2 is 0.509 bits per heavy atom. The van der Waals surface area contributed by atoms with Crippen molar-refractivity contribution in [3.8, 4) is 0 Å². The summed E-state index contributed by atoms with van der Waals surface area (Å²) in [6.07, 6.45) is 92.1. The van der Waals surface area contributed by atoms with Crippen LogP contribution < -0.4 is 0 Å². The van der Waals surface area contributed by atoms with Crippen LogP contribution in [0.4, 0.5) is 0 Å². The van der Waals surface area contributed by atoms with Crippen LogP contribution in [-0.4, -0.2) is 96.7 Å². The molecule has 5 atom stereocenters. The van der Waals surface area contributed by atoms with Crippen molar-refractivity contribution in [3.05, 3.63) is 170 Å². The highest BCUT2D eigenvalue weighted by Crippen LogP contribution is 2.45. The summed E-state index contributed by atoms with van der Waals surface area (Å²) < 4.78 is 68.5. The first-order valence-electron chi connectivity index (χ1n) is 40.4. The molecule has 0 aromatic rings. The Morgan fingerprint density at radius 1 is 0.274 bits per heavy atom. The number of carbonyl (C=O) groups is 4. The molecule has 0 saturated carbocycles. The highest BCUT2D eigenvalue weighted by Gasteiger charge is 2.30. The Labute approximate surface area is 642 Å². The Kier molecular flexibility index (Phi) is 73.5. The van der Waals surface area contributed by atoms with Crippen molar-refractivity contribution >= 4 is 39.5 Å². The van der Waals surface area contributed by atoms with Crippen LogP contribution in [0.1, 0.15) is 297 Å². The molecule has 0 saturated heterocycles. The lowest BCUT2D eigenvalue weighted by Gasteiger charge is -2.21. The molecule has 0 spiro atoms. The quantitative estimate of drug-likeness (QED) is 0.0169. The first kappa shape index (κ1) is 100. The highest BCUT2D eigenvalue weighted by molar-refractivity contribution is 7.47. The molecule has 0 amide bonds. The molecule has 0 heterocycles. The third-order valence-electron chi connectivity index (χ3n) is 16.2. The fraction of sp³-hybridized carbons (Fsp3) is 0.632. The average Bonchev–Trinajstić information content (AvgIpc) is 0.909. The first-order chi connectivity index (χ1) is 51.7. The molecule has 106 heavy (non-hydrogen) atoms. The van der Waals surface area contributed by atoms with Gasteiger partial charge in [-0.05, 0) is 141 Å². The largest absolute Gasteiger partial charge is 0.472 e. The minimum atomic E-state index is -5.01. The van der Waals surface area contributed by atoms with E-state index >= 15 is 0 Å². The zero-order valence-electron chi connectivity index (χ0n) is 65.8. The Hall–Kier alpha value is -5.58. The van der Waals surface area contributed by atoms with Crippen molar-refractivity contribution in [3.63, 3.8) is 0 Å². The van der Waals surface area contributed by atoms with Crippen molar-refractivity contribution in [2.24, 2.45) is 0 Å². The van der Waals surface area contributed by atoms with E-state index in [9.17, 15) is 43.2 Å². The fourth-order valence-corrected chi connectivity index (χ4v) is 11.7. The Morgan fingerprint density at radius 3 is 0.830 bits per heavy atom. The number of aliphatic hydroxyl groups excluding tert-OH is 1. The van der Waals surface area contributed by atoms with Gasteiger partial charge >= 0.3 is 39.5 Å². The maximum atomic E-state index is 13.1. The molecule has 3 N–H and O–H groups in total. The summed E-state index contributed by atoms with van der Waals surface area (Å²) in [6, 6.07) is 0. The van der Waals surface area contributed by atoms with Crippen LogP contribution in [-0.2, 0) is 65.4 Å². The van der Waals surface area contributed by atoms with Gasteiger partial charge in [0.1, 0.15) is 19.3 Å².